The predicted molar refractivity (Wildman–Crippen MR) is 165 cm³/mol. The van der Waals surface area contributed by atoms with Crippen molar-refractivity contribution in [3.8, 4) is 5.75 Å². The fourth-order valence-electron chi connectivity index (χ4n) is 6.10. The van der Waals surface area contributed by atoms with Crippen molar-refractivity contribution in [3.63, 3.8) is 0 Å². The number of piperidine rings is 2. The van der Waals surface area contributed by atoms with Gasteiger partial charge >= 0.3 is 5.97 Å². The number of carboxylic acid groups (broad SMARTS) is 1. The van der Waals surface area contributed by atoms with Crippen molar-refractivity contribution in [1.82, 2.24) is 15.2 Å². The first-order valence-corrected chi connectivity index (χ1v) is 15.1. The molecular formula is C32H32Cl2N4O6. The van der Waals surface area contributed by atoms with Crippen molar-refractivity contribution in [2.24, 2.45) is 5.92 Å². The van der Waals surface area contributed by atoms with Gasteiger partial charge in [0.05, 0.1) is 29.1 Å². The number of ether oxygens (including phenoxy) is 1. The van der Waals surface area contributed by atoms with E-state index in [0.29, 0.717) is 17.0 Å². The number of fused-ring (bicyclic) bond motifs is 3. The fraction of sp³-hybridized carbons (Fsp3) is 0.344. The first-order chi connectivity index (χ1) is 21.1. The average molecular weight is 640 g/mol. The molecule has 1 aliphatic carbocycles. The summed E-state index contributed by atoms with van der Waals surface area (Å²) in [4.78, 5) is 57.6. The summed E-state index contributed by atoms with van der Waals surface area (Å²) >= 11 is 12.1. The minimum atomic E-state index is -1.21. The van der Waals surface area contributed by atoms with E-state index in [1.807, 2.05) is 12.1 Å². The standard InChI is InChI=1S/C32H32Cl2N4O6/c1-44-23-12-4-19(5-13-23)15-27(39)38-22-10-6-20(7-11-22)29(38)31(41)37-26(32(42)43)14-18-2-8-21(9-3-18)36-30(40)28-24(33)16-35-17-25(28)34/h2-5,8-9,12-13,16-17,20,22,26,29H,6-7,10-11,14-15H2,1H3,(H,36,40)(H,37,41)(H,42,43). The van der Waals surface area contributed by atoms with Gasteiger partial charge in [-0.1, -0.05) is 47.5 Å². The summed E-state index contributed by atoms with van der Waals surface area (Å²) in [6, 6.07) is 11.8. The van der Waals surface area contributed by atoms with E-state index in [0.717, 1.165) is 31.2 Å². The summed E-state index contributed by atoms with van der Waals surface area (Å²) < 4.78 is 5.20. The second-order valence-corrected chi connectivity index (χ2v) is 11.9. The third-order valence-corrected chi connectivity index (χ3v) is 8.87. The number of aliphatic carboxylic acids is 1. The number of anilines is 1. The highest BCUT2D eigenvalue weighted by atomic mass is 35.5. The van der Waals surface area contributed by atoms with Gasteiger partial charge in [-0.2, -0.15) is 0 Å². The number of carbonyl (C=O) groups is 4. The number of hydrogen-bond acceptors (Lipinski definition) is 6. The summed E-state index contributed by atoms with van der Waals surface area (Å²) in [5.74, 6) is -1.64. The van der Waals surface area contributed by atoms with Gasteiger partial charge in [-0.15, -0.1) is 0 Å². The van der Waals surface area contributed by atoms with Crippen molar-refractivity contribution in [2.45, 2.75) is 56.7 Å². The molecule has 3 amide bonds. The molecule has 3 aliphatic rings. The highest BCUT2D eigenvalue weighted by Crippen LogP contribution is 2.40. The summed E-state index contributed by atoms with van der Waals surface area (Å²) in [7, 11) is 1.57. The van der Waals surface area contributed by atoms with Crippen LogP contribution in [0, 0.1) is 5.92 Å². The van der Waals surface area contributed by atoms with Crippen LogP contribution in [0.4, 0.5) is 5.69 Å². The van der Waals surface area contributed by atoms with E-state index in [-0.39, 0.29) is 46.3 Å². The SMILES string of the molecule is COc1ccc(CC(=O)N2C3CCC(CC3)C2C(=O)NC(Cc2ccc(NC(=O)c3c(Cl)cncc3Cl)cc2)C(=O)O)cc1. The number of methoxy groups -OCH3 is 1. The van der Waals surface area contributed by atoms with E-state index in [1.165, 1.54) is 12.4 Å². The molecule has 230 valence electrons. The number of hydrogen-bond donors (Lipinski definition) is 3. The first kappa shape index (κ1) is 31.3. The molecule has 0 spiro atoms. The normalized spacial score (nSPS) is 19.6. The molecular weight excluding hydrogens is 607 g/mol. The lowest BCUT2D eigenvalue weighted by molar-refractivity contribution is -0.154. The number of carbonyl (C=O) groups excluding carboxylic acids is 3. The van der Waals surface area contributed by atoms with Crippen LogP contribution in [0.1, 0.15) is 47.2 Å². The van der Waals surface area contributed by atoms with Gasteiger partial charge in [0.2, 0.25) is 11.8 Å². The number of amides is 3. The molecule has 2 saturated heterocycles. The molecule has 2 atom stereocenters. The fourth-order valence-corrected chi connectivity index (χ4v) is 6.63. The lowest BCUT2D eigenvalue weighted by Gasteiger charge is -2.50. The number of nitrogens with one attached hydrogen (secondary N) is 2. The van der Waals surface area contributed by atoms with Gasteiger partial charge in [-0.25, -0.2) is 4.79 Å². The Morgan fingerprint density at radius 2 is 1.57 bits per heavy atom. The maximum Gasteiger partial charge on any atom is 0.326 e. The summed E-state index contributed by atoms with van der Waals surface area (Å²) in [6.45, 7) is 0. The second kappa shape index (κ2) is 13.7. The number of halogens is 2. The lowest BCUT2D eigenvalue weighted by atomic mass is 9.74. The van der Waals surface area contributed by atoms with E-state index >= 15 is 0 Å². The Kier molecular flexibility index (Phi) is 9.71. The monoisotopic (exact) mass is 638 g/mol. The molecule has 6 rings (SSSR count). The van der Waals surface area contributed by atoms with Crippen LogP contribution in [-0.4, -0.2) is 63.9 Å². The Bertz CT molecular complexity index is 1520. The quantitative estimate of drug-likeness (QED) is 0.291. The van der Waals surface area contributed by atoms with Crippen molar-refractivity contribution >= 4 is 52.6 Å². The minimum Gasteiger partial charge on any atom is -0.497 e. The van der Waals surface area contributed by atoms with Gasteiger partial charge in [0.15, 0.2) is 0 Å². The van der Waals surface area contributed by atoms with E-state index in [1.54, 1.807) is 48.4 Å². The van der Waals surface area contributed by atoms with E-state index in [9.17, 15) is 24.3 Å². The maximum absolute atomic E-state index is 13.7. The van der Waals surface area contributed by atoms with Gasteiger partial charge in [-0.05, 0) is 67.0 Å². The topological polar surface area (TPSA) is 138 Å². The number of benzene rings is 2. The molecule has 3 fully saturated rings. The Labute approximate surface area is 264 Å². The largest absolute Gasteiger partial charge is 0.497 e. The van der Waals surface area contributed by atoms with Crippen LogP contribution in [0.25, 0.3) is 0 Å². The van der Waals surface area contributed by atoms with Crippen molar-refractivity contribution in [1.29, 1.82) is 0 Å². The zero-order valence-corrected chi connectivity index (χ0v) is 25.5. The molecule has 2 unspecified atom stereocenters. The van der Waals surface area contributed by atoms with Crippen LogP contribution in [-0.2, 0) is 27.2 Å². The van der Waals surface area contributed by atoms with Crippen LogP contribution < -0.4 is 15.4 Å². The Hall–Kier alpha value is -4.15. The predicted octanol–water partition coefficient (Wildman–Crippen LogP) is 4.77. The lowest BCUT2D eigenvalue weighted by Crippen LogP contribution is -2.64. The smallest absolute Gasteiger partial charge is 0.326 e. The zero-order valence-electron chi connectivity index (χ0n) is 24.0. The highest BCUT2D eigenvalue weighted by molar-refractivity contribution is 6.40. The van der Waals surface area contributed by atoms with E-state index in [4.69, 9.17) is 27.9 Å². The van der Waals surface area contributed by atoms with Gasteiger partial charge in [0.1, 0.15) is 17.8 Å². The van der Waals surface area contributed by atoms with Gasteiger partial charge in [0.25, 0.3) is 5.91 Å². The molecule has 2 bridgehead atoms. The molecule has 3 N–H and O–H groups in total. The molecule has 44 heavy (non-hydrogen) atoms. The van der Waals surface area contributed by atoms with Crippen LogP contribution in [0.5, 0.6) is 5.75 Å². The van der Waals surface area contributed by atoms with Crippen LogP contribution in [0.3, 0.4) is 0 Å². The van der Waals surface area contributed by atoms with Crippen LogP contribution in [0.15, 0.2) is 60.9 Å². The molecule has 2 aliphatic heterocycles. The van der Waals surface area contributed by atoms with Crippen LogP contribution >= 0.6 is 23.2 Å². The Morgan fingerprint density at radius 1 is 0.955 bits per heavy atom. The number of nitrogens with zero attached hydrogens (tertiary/aromatic N) is 2. The number of rotatable bonds is 10. The molecule has 1 aromatic heterocycles. The molecule has 3 heterocycles. The third-order valence-electron chi connectivity index (χ3n) is 8.30. The van der Waals surface area contributed by atoms with Gasteiger partial charge in [-0.3, -0.25) is 19.4 Å². The Morgan fingerprint density at radius 3 is 2.16 bits per heavy atom. The van der Waals surface area contributed by atoms with E-state index < -0.39 is 29.9 Å². The summed E-state index contributed by atoms with van der Waals surface area (Å²) in [5.41, 5.74) is 1.98. The molecule has 3 aromatic rings. The van der Waals surface area contributed by atoms with Crippen molar-refractivity contribution in [2.75, 3.05) is 12.4 Å². The number of pyridine rings is 1. The highest BCUT2D eigenvalue weighted by Gasteiger charge is 2.47. The molecule has 2 aromatic carbocycles. The van der Waals surface area contributed by atoms with Crippen molar-refractivity contribution in [3.05, 3.63) is 87.7 Å². The first-order valence-electron chi connectivity index (χ1n) is 14.3. The van der Waals surface area contributed by atoms with Crippen LogP contribution in [0.2, 0.25) is 10.0 Å². The van der Waals surface area contributed by atoms with E-state index in [2.05, 4.69) is 15.6 Å². The number of carboxylic acids is 1. The average Bonchev–Trinajstić information content (AvgIpc) is 3.02. The maximum atomic E-state index is 13.7. The molecule has 1 saturated carbocycles. The Balaban J connectivity index is 1.25. The molecule has 10 nitrogen and oxygen atoms in total. The van der Waals surface area contributed by atoms with Crippen molar-refractivity contribution < 1.29 is 29.0 Å². The van der Waals surface area contributed by atoms with Gasteiger partial charge in [0, 0.05) is 30.5 Å². The minimum absolute atomic E-state index is 0.0118. The second-order valence-electron chi connectivity index (χ2n) is 11.1. The molecule has 12 heteroatoms. The number of aromatic nitrogens is 1. The molecule has 0 radical (unpaired) electrons. The zero-order chi connectivity index (χ0) is 31.4. The van der Waals surface area contributed by atoms with Gasteiger partial charge < -0.3 is 25.4 Å². The third kappa shape index (κ3) is 6.97. The summed E-state index contributed by atoms with van der Waals surface area (Å²) in [6.07, 6.45) is 6.08. The summed E-state index contributed by atoms with van der Waals surface area (Å²) in [5, 5.41) is 15.6.